The molecule has 1 aliphatic heterocycles. The number of hydrogen-bond donors (Lipinski definition) is 1. The van der Waals surface area contributed by atoms with E-state index in [0.29, 0.717) is 19.8 Å². The van der Waals surface area contributed by atoms with Gasteiger partial charge in [0.1, 0.15) is 11.6 Å². The molecule has 2 aliphatic rings. The summed E-state index contributed by atoms with van der Waals surface area (Å²) in [5.74, 6) is -1.86. The summed E-state index contributed by atoms with van der Waals surface area (Å²) in [5.41, 5.74) is -0.316. The number of nitrogens with zero attached hydrogens (tertiary/aromatic N) is 1. The molecular formula is C17H22F2N2O2. The standard InChI is InChI=1S/C17H22F2N2O2/c18-13-3-4-15(19)14(11-13)16(22)20-12-17(5-1-2-6-17)21-7-9-23-10-8-21/h3-4,11H,1-2,5-10,12H2,(H,20,22). The lowest BCUT2D eigenvalue weighted by Gasteiger charge is -2.43. The molecule has 1 amide bonds. The lowest BCUT2D eigenvalue weighted by Crippen LogP contribution is -2.57. The molecule has 1 heterocycles. The second kappa shape index (κ2) is 6.93. The third kappa shape index (κ3) is 3.53. The number of carbonyl (C=O) groups is 1. The molecule has 0 unspecified atom stereocenters. The van der Waals surface area contributed by atoms with E-state index < -0.39 is 17.5 Å². The van der Waals surface area contributed by atoms with Gasteiger partial charge in [-0.2, -0.15) is 0 Å². The van der Waals surface area contributed by atoms with E-state index in [1.165, 1.54) is 0 Å². The van der Waals surface area contributed by atoms with Crippen LogP contribution in [0.25, 0.3) is 0 Å². The average molecular weight is 324 g/mol. The lowest BCUT2D eigenvalue weighted by molar-refractivity contribution is -0.0199. The van der Waals surface area contributed by atoms with Crippen LogP contribution in [0.1, 0.15) is 36.0 Å². The minimum Gasteiger partial charge on any atom is -0.379 e. The van der Waals surface area contributed by atoms with Crippen LogP contribution in [0, 0.1) is 11.6 Å². The van der Waals surface area contributed by atoms with Gasteiger partial charge in [-0.1, -0.05) is 12.8 Å². The van der Waals surface area contributed by atoms with Crippen LogP contribution in [0.4, 0.5) is 8.78 Å². The molecule has 0 atom stereocenters. The first-order valence-electron chi connectivity index (χ1n) is 8.17. The van der Waals surface area contributed by atoms with Crippen molar-refractivity contribution in [2.75, 3.05) is 32.8 Å². The maximum absolute atomic E-state index is 13.7. The molecule has 0 bridgehead atoms. The molecule has 0 radical (unpaired) electrons. The van der Waals surface area contributed by atoms with Crippen molar-refractivity contribution in [1.29, 1.82) is 0 Å². The van der Waals surface area contributed by atoms with E-state index in [0.717, 1.165) is 57.0 Å². The minimum absolute atomic E-state index is 0.0801. The highest BCUT2D eigenvalue weighted by Gasteiger charge is 2.40. The van der Waals surface area contributed by atoms with Gasteiger partial charge >= 0.3 is 0 Å². The summed E-state index contributed by atoms with van der Waals surface area (Å²) in [4.78, 5) is 14.6. The van der Waals surface area contributed by atoms with E-state index in [2.05, 4.69) is 10.2 Å². The van der Waals surface area contributed by atoms with Crippen LogP contribution >= 0.6 is 0 Å². The molecule has 4 nitrogen and oxygen atoms in total. The number of amides is 1. The molecule has 1 aliphatic carbocycles. The smallest absolute Gasteiger partial charge is 0.254 e. The number of ether oxygens (including phenoxy) is 1. The van der Waals surface area contributed by atoms with Crippen LogP contribution in [0.15, 0.2) is 18.2 Å². The lowest BCUT2D eigenvalue weighted by atomic mass is 9.94. The fourth-order valence-corrected chi connectivity index (χ4v) is 3.69. The summed E-state index contributed by atoms with van der Waals surface area (Å²) in [5, 5.41) is 2.82. The predicted octanol–water partition coefficient (Wildman–Crippen LogP) is 2.34. The van der Waals surface area contributed by atoms with Crippen molar-refractivity contribution in [1.82, 2.24) is 10.2 Å². The van der Waals surface area contributed by atoms with E-state index in [9.17, 15) is 13.6 Å². The van der Waals surface area contributed by atoms with Crippen LogP contribution in [0.2, 0.25) is 0 Å². The maximum Gasteiger partial charge on any atom is 0.254 e. The van der Waals surface area contributed by atoms with Gasteiger partial charge in [0.15, 0.2) is 0 Å². The SMILES string of the molecule is O=C(NCC1(N2CCOCC2)CCCC1)c1cc(F)ccc1F. The summed E-state index contributed by atoms with van der Waals surface area (Å²) < 4.78 is 32.4. The first-order chi connectivity index (χ1) is 11.1. The molecule has 2 fully saturated rings. The molecule has 1 aromatic rings. The Morgan fingerprint density at radius 2 is 1.91 bits per heavy atom. The first kappa shape index (κ1) is 16.3. The molecule has 6 heteroatoms. The highest BCUT2D eigenvalue weighted by Crippen LogP contribution is 2.35. The van der Waals surface area contributed by atoms with E-state index in [-0.39, 0.29) is 11.1 Å². The molecule has 0 aromatic heterocycles. The zero-order valence-corrected chi connectivity index (χ0v) is 13.1. The first-order valence-corrected chi connectivity index (χ1v) is 8.17. The zero-order valence-electron chi connectivity index (χ0n) is 13.1. The second-order valence-corrected chi connectivity index (χ2v) is 6.34. The van der Waals surface area contributed by atoms with Crippen LogP contribution < -0.4 is 5.32 Å². The number of morpholine rings is 1. The second-order valence-electron chi connectivity index (χ2n) is 6.34. The highest BCUT2D eigenvalue weighted by molar-refractivity contribution is 5.94. The summed E-state index contributed by atoms with van der Waals surface area (Å²) in [6.45, 7) is 3.57. The summed E-state index contributed by atoms with van der Waals surface area (Å²) in [6.07, 6.45) is 4.28. The fraction of sp³-hybridized carbons (Fsp3) is 0.588. The minimum atomic E-state index is -0.698. The van der Waals surface area contributed by atoms with Crippen molar-refractivity contribution in [3.63, 3.8) is 0 Å². The molecular weight excluding hydrogens is 302 g/mol. The van der Waals surface area contributed by atoms with Crippen LogP contribution in [-0.2, 0) is 4.74 Å². The molecule has 1 aromatic carbocycles. The number of rotatable bonds is 4. The zero-order chi connectivity index (χ0) is 16.3. The van der Waals surface area contributed by atoms with E-state index >= 15 is 0 Å². The topological polar surface area (TPSA) is 41.6 Å². The van der Waals surface area contributed by atoms with Gasteiger partial charge in [-0.15, -0.1) is 0 Å². The Balaban J connectivity index is 1.69. The Labute approximate surface area is 134 Å². The normalized spacial score (nSPS) is 21.3. The van der Waals surface area contributed by atoms with Gasteiger partial charge in [0.05, 0.1) is 18.8 Å². The van der Waals surface area contributed by atoms with Crippen LogP contribution in [-0.4, -0.2) is 49.2 Å². The molecule has 126 valence electrons. The van der Waals surface area contributed by atoms with Gasteiger partial charge in [-0.25, -0.2) is 8.78 Å². The van der Waals surface area contributed by atoms with Gasteiger partial charge in [-0.05, 0) is 31.0 Å². The van der Waals surface area contributed by atoms with Crippen molar-refractivity contribution in [2.45, 2.75) is 31.2 Å². The number of hydrogen-bond acceptors (Lipinski definition) is 3. The van der Waals surface area contributed by atoms with Crippen LogP contribution in [0.5, 0.6) is 0 Å². The van der Waals surface area contributed by atoms with E-state index in [1.54, 1.807) is 0 Å². The van der Waals surface area contributed by atoms with Crippen molar-refractivity contribution in [3.8, 4) is 0 Å². The highest BCUT2D eigenvalue weighted by atomic mass is 19.1. The van der Waals surface area contributed by atoms with Gasteiger partial charge in [0.25, 0.3) is 5.91 Å². The molecule has 23 heavy (non-hydrogen) atoms. The third-order valence-corrected chi connectivity index (χ3v) is 4.97. The van der Waals surface area contributed by atoms with Gasteiger partial charge in [-0.3, -0.25) is 9.69 Å². The Bertz CT molecular complexity index is 568. The predicted molar refractivity (Wildman–Crippen MR) is 82.3 cm³/mol. The Morgan fingerprint density at radius 1 is 1.22 bits per heavy atom. The van der Waals surface area contributed by atoms with Crippen molar-refractivity contribution in [2.24, 2.45) is 0 Å². The number of carbonyl (C=O) groups excluding carboxylic acids is 1. The van der Waals surface area contributed by atoms with Gasteiger partial charge < -0.3 is 10.1 Å². The molecule has 3 rings (SSSR count). The van der Waals surface area contributed by atoms with E-state index in [4.69, 9.17) is 4.74 Å². The monoisotopic (exact) mass is 324 g/mol. The Morgan fingerprint density at radius 3 is 2.61 bits per heavy atom. The van der Waals surface area contributed by atoms with Crippen LogP contribution in [0.3, 0.4) is 0 Å². The fourth-order valence-electron chi connectivity index (χ4n) is 3.69. The summed E-state index contributed by atoms with van der Waals surface area (Å²) >= 11 is 0. The largest absolute Gasteiger partial charge is 0.379 e. The number of nitrogens with one attached hydrogen (secondary N) is 1. The third-order valence-electron chi connectivity index (χ3n) is 4.97. The van der Waals surface area contributed by atoms with Crippen molar-refractivity contribution in [3.05, 3.63) is 35.4 Å². The van der Waals surface area contributed by atoms with Crippen molar-refractivity contribution >= 4 is 5.91 Å². The molecule has 0 spiro atoms. The molecule has 1 N–H and O–H groups in total. The van der Waals surface area contributed by atoms with Gasteiger partial charge in [0, 0.05) is 25.2 Å². The molecule has 1 saturated heterocycles. The number of benzene rings is 1. The Hall–Kier alpha value is -1.53. The van der Waals surface area contributed by atoms with E-state index in [1.807, 2.05) is 0 Å². The summed E-state index contributed by atoms with van der Waals surface area (Å²) in [6, 6.07) is 2.94. The molecule has 1 saturated carbocycles. The Kier molecular flexibility index (Phi) is 4.92. The maximum atomic E-state index is 13.7. The van der Waals surface area contributed by atoms with Crippen molar-refractivity contribution < 1.29 is 18.3 Å². The van der Waals surface area contributed by atoms with Gasteiger partial charge in [0.2, 0.25) is 0 Å². The average Bonchev–Trinajstić information content (AvgIpc) is 3.06. The summed E-state index contributed by atoms with van der Waals surface area (Å²) in [7, 11) is 0. The quantitative estimate of drug-likeness (QED) is 0.924. The number of halogens is 2.